The highest BCUT2D eigenvalue weighted by Crippen LogP contribution is 2.38. The lowest BCUT2D eigenvalue weighted by Gasteiger charge is -2.36. The van der Waals surface area contributed by atoms with E-state index in [0.29, 0.717) is 16.8 Å². The van der Waals surface area contributed by atoms with Crippen LogP contribution in [-0.2, 0) is 27.7 Å². The molecular weight excluding hydrogens is 426 g/mol. The van der Waals surface area contributed by atoms with Crippen molar-refractivity contribution in [2.45, 2.75) is 31.0 Å². The summed E-state index contributed by atoms with van der Waals surface area (Å²) >= 11 is 0. The predicted octanol–water partition coefficient (Wildman–Crippen LogP) is 4.39. The van der Waals surface area contributed by atoms with Gasteiger partial charge in [-0.05, 0) is 42.2 Å². The Hall–Kier alpha value is -3.20. The van der Waals surface area contributed by atoms with Crippen molar-refractivity contribution in [3.63, 3.8) is 0 Å². The second kappa shape index (κ2) is 8.74. The number of carbonyl (C=O) groups excluding carboxylic acids is 1. The number of aromatic nitrogens is 2. The largest absolute Gasteiger partial charge is 0.416 e. The van der Waals surface area contributed by atoms with E-state index in [4.69, 9.17) is 4.74 Å². The molecule has 9 heteroatoms. The molecule has 2 heterocycles. The van der Waals surface area contributed by atoms with E-state index in [1.165, 1.54) is 29.2 Å². The first-order chi connectivity index (χ1) is 15.3. The molecule has 3 aromatic rings. The average Bonchev–Trinajstić information content (AvgIpc) is 3.32. The Bertz CT molecular complexity index is 1090. The Labute approximate surface area is 182 Å². The zero-order valence-electron chi connectivity index (χ0n) is 17.0. The van der Waals surface area contributed by atoms with Gasteiger partial charge >= 0.3 is 6.18 Å². The Balaban J connectivity index is 1.55. The number of hydrogen-bond donors (Lipinski definition) is 1. The van der Waals surface area contributed by atoms with Crippen LogP contribution in [0.15, 0.2) is 61.2 Å². The van der Waals surface area contributed by atoms with Crippen LogP contribution < -0.4 is 5.32 Å². The fourth-order valence-electron chi connectivity index (χ4n) is 3.98. The van der Waals surface area contributed by atoms with Gasteiger partial charge in [-0.25, -0.2) is 9.37 Å². The van der Waals surface area contributed by atoms with E-state index in [0.717, 1.165) is 12.1 Å². The summed E-state index contributed by atoms with van der Waals surface area (Å²) in [6.07, 6.45) is 0.637. The normalized spacial score (nSPS) is 16.0. The number of rotatable bonds is 5. The van der Waals surface area contributed by atoms with Gasteiger partial charge in [-0.1, -0.05) is 24.3 Å². The monoisotopic (exact) mass is 447 g/mol. The van der Waals surface area contributed by atoms with Gasteiger partial charge in [0.05, 0.1) is 23.0 Å². The number of hydrogen-bond acceptors (Lipinski definition) is 3. The zero-order valence-corrected chi connectivity index (χ0v) is 17.0. The second-order valence-corrected chi connectivity index (χ2v) is 7.71. The van der Waals surface area contributed by atoms with Crippen LogP contribution in [0.25, 0.3) is 5.69 Å². The van der Waals surface area contributed by atoms with Crippen LogP contribution in [0.3, 0.4) is 0 Å². The molecule has 0 bridgehead atoms. The minimum atomic E-state index is -4.51. The number of halogens is 4. The average molecular weight is 447 g/mol. The third-order valence-electron chi connectivity index (χ3n) is 5.77. The van der Waals surface area contributed by atoms with Crippen LogP contribution in [0.1, 0.15) is 29.5 Å². The van der Waals surface area contributed by atoms with E-state index >= 15 is 0 Å². The minimum absolute atomic E-state index is 0.0432. The topological polar surface area (TPSA) is 56.2 Å². The van der Waals surface area contributed by atoms with Crippen molar-refractivity contribution in [2.75, 3.05) is 13.2 Å². The maximum absolute atomic E-state index is 14.5. The Morgan fingerprint density at radius 3 is 2.59 bits per heavy atom. The van der Waals surface area contributed by atoms with Crippen molar-refractivity contribution in [3.8, 4) is 5.69 Å². The first-order valence-electron chi connectivity index (χ1n) is 10.1. The summed E-state index contributed by atoms with van der Waals surface area (Å²) in [5, 5.41) is 2.79. The molecule has 1 saturated heterocycles. The number of benzene rings is 2. The van der Waals surface area contributed by atoms with E-state index in [-0.39, 0.29) is 32.6 Å². The van der Waals surface area contributed by atoms with E-state index in [9.17, 15) is 22.4 Å². The number of nitrogens with zero attached hydrogens (tertiary/aromatic N) is 2. The van der Waals surface area contributed by atoms with Gasteiger partial charge in [0, 0.05) is 32.2 Å². The SMILES string of the molecule is O=C(NCc1ccc(-n2ccnc2)c(F)c1)C1(c2cccc(C(F)(F)F)c2)CCOCC1. The van der Waals surface area contributed by atoms with Gasteiger partial charge in [-0.15, -0.1) is 0 Å². The predicted molar refractivity (Wildman–Crippen MR) is 109 cm³/mol. The third kappa shape index (κ3) is 4.38. The Morgan fingerprint density at radius 1 is 1.16 bits per heavy atom. The summed E-state index contributed by atoms with van der Waals surface area (Å²) in [4.78, 5) is 17.1. The smallest absolute Gasteiger partial charge is 0.381 e. The number of alkyl halides is 3. The van der Waals surface area contributed by atoms with Gasteiger partial charge in [0.15, 0.2) is 0 Å². The summed E-state index contributed by atoms with van der Waals surface area (Å²) in [5.41, 5.74) is -0.788. The van der Waals surface area contributed by atoms with E-state index in [1.807, 2.05) is 0 Å². The van der Waals surface area contributed by atoms with Crippen molar-refractivity contribution in [1.82, 2.24) is 14.9 Å². The number of amides is 1. The van der Waals surface area contributed by atoms with Gasteiger partial charge in [-0.3, -0.25) is 4.79 Å². The molecule has 1 aliphatic heterocycles. The van der Waals surface area contributed by atoms with Crippen LogP contribution >= 0.6 is 0 Å². The Morgan fingerprint density at radius 2 is 1.94 bits per heavy atom. The van der Waals surface area contributed by atoms with Gasteiger partial charge in [0.25, 0.3) is 0 Å². The first-order valence-corrected chi connectivity index (χ1v) is 10.1. The summed E-state index contributed by atoms with van der Waals surface area (Å²) in [5.74, 6) is -0.882. The fraction of sp³-hybridized carbons (Fsp3) is 0.304. The first kappa shape index (κ1) is 22.0. The number of ether oxygens (including phenoxy) is 1. The summed E-state index contributed by atoms with van der Waals surface area (Å²) in [7, 11) is 0. The van der Waals surface area contributed by atoms with Crippen molar-refractivity contribution in [3.05, 3.63) is 83.7 Å². The zero-order chi connectivity index (χ0) is 22.8. The highest BCUT2D eigenvalue weighted by Gasteiger charge is 2.43. The molecule has 0 spiro atoms. The summed E-state index contributed by atoms with van der Waals surface area (Å²) in [6, 6.07) is 9.45. The maximum atomic E-state index is 14.5. The highest BCUT2D eigenvalue weighted by atomic mass is 19.4. The van der Waals surface area contributed by atoms with E-state index in [1.54, 1.807) is 24.4 Å². The van der Waals surface area contributed by atoms with Gasteiger partial charge in [0.1, 0.15) is 5.82 Å². The van der Waals surface area contributed by atoms with Crippen LogP contribution in [0, 0.1) is 5.82 Å². The number of nitrogens with one attached hydrogen (secondary N) is 1. The second-order valence-electron chi connectivity index (χ2n) is 7.71. The lowest BCUT2D eigenvalue weighted by Crippen LogP contribution is -2.48. The van der Waals surface area contributed by atoms with Crippen LogP contribution in [0.2, 0.25) is 0 Å². The van der Waals surface area contributed by atoms with Gasteiger partial charge in [-0.2, -0.15) is 13.2 Å². The lowest BCUT2D eigenvalue weighted by atomic mass is 9.73. The third-order valence-corrected chi connectivity index (χ3v) is 5.77. The van der Waals surface area contributed by atoms with E-state index in [2.05, 4.69) is 10.3 Å². The van der Waals surface area contributed by atoms with Gasteiger partial charge in [0.2, 0.25) is 5.91 Å². The van der Waals surface area contributed by atoms with Crippen LogP contribution in [-0.4, -0.2) is 28.7 Å². The minimum Gasteiger partial charge on any atom is -0.381 e. The molecule has 2 aromatic carbocycles. The van der Waals surface area contributed by atoms with Crippen molar-refractivity contribution >= 4 is 5.91 Å². The van der Waals surface area contributed by atoms with Crippen molar-refractivity contribution < 1.29 is 27.1 Å². The fourth-order valence-corrected chi connectivity index (χ4v) is 3.98. The maximum Gasteiger partial charge on any atom is 0.416 e. The van der Waals surface area contributed by atoms with Crippen molar-refractivity contribution in [2.24, 2.45) is 0 Å². The molecular formula is C23H21F4N3O2. The molecule has 1 N–H and O–H groups in total. The molecule has 0 aliphatic carbocycles. The van der Waals surface area contributed by atoms with Crippen LogP contribution in [0.5, 0.6) is 0 Å². The Kier molecular flexibility index (Phi) is 6.01. The molecule has 1 fully saturated rings. The molecule has 0 radical (unpaired) electrons. The number of imidazole rings is 1. The molecule has 32 heavy (non-hydrogen) atoms. The number of carbonyl (C=O) groups is 1. The molecule has 0 atom stereocenters. The molecule has 4 rings (SSSR count). The van der Waals surface area contributed by atoms with Crippen molar-refractivity contribution in [1.29, 1.82) is 0 Å². The molecule has 5 nitrogen and oxygen atoms in total. The van der Waals surface area contributed by atoms with Gasteiger partial charge < -0.3 is 14.6 Å². The molecule has 168 valence electrons. The summed E-state index contributed by atoms with van der Waals surface area (Å²) < 4.78 is 61.1. The van der Waals surface area contributed by atoms with Crippen LogP contribution in [0.4, 0.5) is 17.6 Å². The van der Waals surface area contributed by atoms with E-state index < -0.39 is 28.9 Å². The molecule has 1 amide bonds. The summed E-state index contributed by atoms with van der Waals surface area (Å²) in [6.45, 7) is 0.567. The molecule has 1 aromatic heterocycles. The molecule has 1 aliphatic rings. The molecule has 0 unspecified atom stereocenters. The molecule has 0 saturated carbocycles. The standard InChI is InChI=1S/C23H21F4N3O2/c24-19-12-16(4-5-20(19)30-9-8-28-15-30)14-29-21(31)22(6-10-32-11-7-22)17-2-1-3-18(13-17)23(25,26)27/h1-5,8-9,12-13,15H,6-7,10-11,14H2,(H,29,31). The highest BCUT2D eigenvalue weighted by molar-refractivity contribution is 5.88. The lowest BCUT2D eigenvalue weighted by molar-refractivity contribution is -0.138. The quantitative estimate of drug-likeness (QED) is 0.590.